The van der Waals surface area contributed by atoms with Crippen LogP contribution in [0.4, 0.5) is 0 Å². The zero-order valence-electron chi connectivity index (χ0n) is 10.5. The SMILES string of the molecule is CC1(C)Cc2cccc(OCCCCBr)c2O1. The first kappa shape index (κ1) is 12.7. The summed E-state index contributed by atoms with van der Waals surface area (Å²) >= 11 is 3.42. The van der Waals surface area contributed by atoms with Gasteiger partial charge in [0.1, 0.15) is 5.60 Å². The van der Waals surface area contributed by atoms with Crippen LogP contribution in [0.2, 0.25) is 0 Å². The zero-order chi connectivity index (χ0) is 12.3. The lowest BCUT2D eigenvalue weighted by Crippen LogP contribution is -2.24. The van der Waals surface area contributed by atoms with E-state index in [0.29, 0.717) is 0 Å². The largest absolute Gasteiger partial charge is 0.490 e. The Hall–Kier alpha value is -0.700. The van der Waals surface area contributed by atoms with E-state index in [1.54, 1.807) is 0 Å². The monoisotopic (exact) mass is 298 g/mol. The molecule has 2 nitrogen and oxygen atoms in total. The maximum absolute atomic E-state index is 5.95. The van der Waals surface area contributed by atoms with Gasteiger partial charge in [0.15, 0.2) is 11.5 Å². The highest BCUT2D eigenvalue weighted by atomic mass is 79.9. The highest BCUT2D eigenvalue weighted by Gasteiger charge is 2.32. The fourth-order valence-electron chi connectivity index (χ4n) is 2.08. The predicted octanol–water partition coefficient (Wildman–Crippen LogP) is 3.95. The number of fused-ring (bicyclic) bond motifs is 1. The smallest absolute Gasteiger partial charge is 0.165 e. The molecule has 0 saturated heterocycles. The van der Waals surface area contributed by atoms with Gasteiger partial charge in [0, 0.05) is 17.3 Å². The lowest BCUT2D eigenvalue weighted by molar-refractivity contribution is 0.132. The van der Waals surface area contributed by atoms with Gasteiger partial charge in [-0.25, -0.2) is 0 Å². The number of hydrogen-bond acceptors (Lipinski definition) is 2. The molecule has 0 aliphatic carbocycles. The minimum atomic E-state index is -0.0995. The van der Waals surface area contributed by atoms with Crippen LogP contribution >= 0.6 is 15.9 Å². The minimum Gasteiger partial charge on any atom is -0.490 e. The van der Waals surface area contributed by atoms with E-state index in [-0.39, 0.29) is 5.60 Å². The summed E-state index contributed by atoms with van der Waals surface area (Å²) in [6, 6.07) is 6.16. The van der Waals surface area contributed by atoms with Gasteiger partial charge in [0.2, 0.25) is 0 Å². The predicted molar refractivity (Wildman–Crippen MR) is 73.4 cm³/mol. The Bertz CT molecular complexity index is 388. The van der Waals surface area contributed by atoms with Crippen molar-refractivity contribution in [3.63, 3.8) is 0 Å². The normalized spacial score (nSPS) is 16.4. The summed E-state index contributed by atoms with van der Waals surface area (Å²) in [5.74, 6) is 1.83. The number of para-hydroxylation sites is 1. The number of unbranched alkanes of at least 4 members (excludes halogenated alkanes) is 1. The molecule has 94 valence electrons. The van der Waals surface area contributed by atoms with Crippen molar-refractivity contribution in [1.29, 1.82) is 0 Å². The second kappa shape index (κ2) is 5.30. The van der Waals surface area contributed by atoms with Crippen molar-refractivity contribution in [2.75, 3.05) is 11.9 Å². The first-order valence-electron chi connectivity index (χ1n) is 6.12. The van der Waals surface area contributed by atoms with Crippen molar-refractivity contribution in [2.45, 2.75) is 38.7 Å². The number of rotatable bonds is 5. The van der Waals surface area contributed by atoms with E-state index in [9.17, 15) is 0 Å². The van der Waals surface area contributed by atoms with E-state index in [4.69, 9.17) is 9.47 Å². The molecule has 0 atom stereocenters. The van der Waals surface area contributed by atoms with E-state index in [1.807, 2.05) is 12.1 Å². The van der Waals surface area contributed by atoms with Crippen LogP contribution in [0.5, 0.6) is 11.5 Å². The van der Waals surface area contributed by atoms with Crippen molar-refractivity contribution in [2.24, 2.45) is 0 Å². The van der Waals surface area contributed by atoms with Crippen LogP contribution in [0.25, 0.3) is 0 Å². The summed E-state index contributed by atoms with van der Waals surface area (Å²) in [6.45, 7) is 4.98. The summed E-state index contributed by atoms with van der Waals surface area (Å²) in [5.41, 5.74) is 1.16. The Morgan fingerprint density at radius 3 is 2.94 bits per heavy atom. The summed E-state index contributed by atoms with van der Waals surface area (Å²) in [5, 5.41) is 1.03. The molecular formula is C14H19BrO2. The fourth-order valence-corrected chi connectivity index (χ4v) is 2.48. The molecule has 1 aliphatic heterocycles. The van der Waals surface area contributed by atoms with E-state index in [0.717, 1.165) is 42.7 Å². The summed E-state index contributed by atoms with van der Waals surface area (Å²) < 4.78 is 11.7. The highest BCUT2D eigenvalue weighted by molar-refractivity contribution is 9.09. The molecule has 1 heterocycles. The molecule has 0 unspecified atom stereocenters. The van der Waals surface area contributed by atoms with Gasteiger partial charge in [0.05, 0.1) is 6.61 Å². The second-order valence-corrected chi connectivity index (χ2v) is 5.82. The second-order valence-electron chi connectivity index (χ2n) is 5.03. The van der Waals surface area contributed by atoms with E-state index in [2.05, 4.69) is 35.8 Å². The van der Waals surface area contributed by atoms with Gasteiger partial charge in [-0.3, -0.25) is 0 Å². The number of halogens is 1. The van der Waals surface area contributed by atoms with Crippen molar-refractivity contribution < 1.29 is 9.47 Å². The van der Waals surface area contributed by atoms with Crippen LogP contribution in [0.15, 0.2) is 18.2 Å². The van der Waals surface area contributed by atoms with Crippen LogP contribution in [0, 0.1) is 0 Å². The molecule has 0 saturated carbocycles. The Morgan fingerprint density at radius 2 is 2.18 bits per heavy atom. The van der Waals surface area contributed by atoms with Gasteiger partial charge in [-0.2, -0.15) is 0 Å². The maximum atomic E-state index is 5.95. The molecule has 0 fully saturated rings. The summed E-state index contributed by atoms with van der Waals surface area (Å²) in [6.07, 6.45) is 3.17. The Kier molecular flexibility index (Phi) is 3.97. The highest BCUT2D eigenvalue weighted by Crippen LogP contribution is 2.41. The van der Waals surface area contributed by atoms with Crippen LogP contribution < -0.4 is 9.47 Å². The van der Waals surface area contributed by atoms with Gasteiger partial charge in [-0.15, -0.1) is 0 Å². The molecule has 0 bridgehead atoms. The lowest BCUT2D eigenvalue weighted by atomic mass is 10.0. The molecule has 17 heavy (non-hydrogen) atoms. The average molecular weight is 299 g/mol. The Balaban J connectivity index is 2.03. The Morgan fingerprint density at radius 1 is 1.35 bits per heavy atom. The summed E-state index contributed by atoms with van der Waals surface area (Å²) in [4.78, 5) is 0. The van der Waals surface area contributed by atoms with Crippen molar-refractivity contribution in [3.05, 3.63) is 23.8 Å². The first-order chi connectivity index (χ1) is 8.12. The molecule has 0 N–H and O–H groups in total. The molecule has 0 amide bonds. The van der Waals surface area contributed by atoms with Gasteiger partial charge in [-0.1, -0.05) is 28.1 Å². The van der Waals surface area contributed by atoms with Gasteiger partial charge >= 0.3 is 0 Å². The molecule has 1 aliphatic rings. The van der Waals surface area contributed by atoms with Crippen LogP contribution in [-0.2, 0) is 6.42 Å². The molecule has 0 spiro atoms. The first-order valence-corrected chi connectivity index (χ1v) is 7.24. The topological polar surface area (TPSA) is 18.5 Å². The van der Waals surface area contributed by atoms with Gasteiger partial charge in [0.25, 0.3) is 0 Å². The third-order valence-electron chi connectivity index (χ3n) is 2.84. The number of benzene rings is 1. The molecular weight excluding hydrogens is 280 g/mol. The third-order valence-corrected chi connectivity index (χ3v) is 3.40. The standard InChI is InChI=1S/C14H19BrO2/c1-14(2)10-11-6-5-7-12(13(11)17-14)16-9-4-3-8-15/h5-7H,3-4,8-10H2,1-2H3. The lowest BCUT2D eigenvalue weighted by Gasteiger charge is -2.18. The average Bonchev–Trinajstić information content (AvgIpc) is 2.59. The molecule has 3 heteroatoms. The van der Waals surface area contributed by atoms with Gasteiger partial charge < -0.3 is 9.47 Å². The fraction of sp³-hybridized carbons (Fsp3) is 0.571. The third kappa shape index (κ3) is 3.15. The van der Waals surface area contributed by atoms with Crippen LogP contribution in [0.1, 0.15) is 32.3 Å². The molecule has 1 aromatic carbocycles. The van der Waals surface area contributed by atoms with Crippen molar-refractivity contribution in [3.8, 4) is 11.5 Å². The van der Waals surface area contributed by atoms with Crippen LogP contribution in [-0.4, -0.2) is 17.5 Å². The number of ether oxygens (including phenoxy) is 2. The van der Waals surface area contributed by atoms with Crippen molar-refractivity contribution >= 4 is 15.9 Å². The number of hydrogen-bond donors (Lipinski definition) is 0. The van der Waals surface area contributed by atoms with E-state index in [1.165, 1.54) is 5.56 Å². The Labute approximate surface area is 111 Å². The van der Waals surface area contributed by atoms with Crippen LogP contribution in [0.3, 0.4) is 0 Å². The maximum Gasteiger partial charge on any atom is 0.165 e. The minimum absolute atomic E-state index is 0.0995. The summed E-state index contributed by atoms with van der Waals surface area (Å²) in [7, 11) is 0. The number of alkyl halides is 1. The van der Waals surface area contributed by atoms with E-state index < -0.39 is 0 Å². The quantitative estimate of drug-likeness (QED) is 0.605. The molecule has 2 rings (SSSR count). The van der Waals surface area contributed by atoms with E-state index >= 15 is 0 Å². The molecule has 0 radical (unpaired) electrons. The zero-order valence-corrected chi connectivity index (χ0v) is 12.0. The molecule has 1 aromatic rings. The molecule has 0 aromatic heterocycles. The van der Waals surface area contributed by atoms with Gasteiger partial charge in [-0.05, 0) is 32.8 Å². The van der Waals surface area contributed by atoms with Crippen molar-refractivity contribution in [1.82, 2.24) is 0 Å².